The molecule has 1 aliphatic heterocycles. The van der Waals surface area contributed by atoms with Gasteiger partial charge in [-0.15, -0.1) is 0 Å². The summed E-state index contributed by atoms with van der Waals surface area (Å²) < 4.78 is 5.19. The molecule has 1 atom stereocenters. The second-order valence-corrected chi connectivity index (χ2v) is 5.96. The summed E-state index contributed by atoms with van der Waals surface area (Å²) in [6.45, 7) is 6.05. The molecule has 2 amide bonds. The van der Waals surface area contributed by atoms with Gasteiger partial charge in [0, 0.05) is 18.2 Å². The van der Waals surface area contributed by atoms with Crippen molar-refractivity contribution >= 4 is 17.7 Å². The van der Waals surface area contributed by atoms with E-state index in [0.717, 1.165) is 5.56 Å². The molecule has 0 spiro atoms. The fraction of sp³-hybridized carbons (Fsp3) is 0.375. The standard InChI is InChI=1S/C16H20N2O3/c1-16(2,3)21-15(20)18-13-7-4-11(5-8-13)12-6-9-14(19)17-10-12/h4-9,12H,10H2,1-3H3,(H,17,19)(H,18,20)/t12-/m1/s1. The van der Waals surface area contributed by atoms with Gasteiger partial charge < -0.3 is 10.1 Å². The topological polar surface area (TPSA) is 67.4 Å². The SMILES string of the molecule is CC(C)(C)OC(=O)Nc1ccc([C@@H]2C=CC(=O)NC2)cc1. The van der Waals surface area contributed by atoms with Crippen molar-refractivity contribution in [3.8, 4) is 0 Å². The number of hydrogen-bond acceptors (Lipinski definition) is 3. The first-order valence-corrected chi connectivity index (χ1v) is 6.89. The Kier molecular flexibility index (Phi) is 4.31. The van der Waals surface area contributed by atoms with E-state index in [1.165, 1.54) is 0 Å². The number of anilines is 1. The molecule has 0 bridgehead atoms. The molecule has 2 rings (SSSR count). The number of nitrogens with one attached hydrogen (secondary N) is 2. The minimum Gasteiger partial charge on any atom is -0.444 e. The quantitative estimate of drug-likeness (QED) is 0.879. The van der Waals surface area contributed by atoms with Gasteiger partial charge in [-0.25, -0.2) is 4.79 Å². The fourth-order valence-electron chi connectivity index (χ4n) is 2.01. The average Bonchev–Trinajstić information content (AvgIpc) is 2.38. The van der Waals surface area contributed by atoms with Crippen LogP contribution in [0, 0.1) is 0 Å². The van der Waals surface area contributed by atoms with E-state index in [1.807, 2.05) is 51.1 Å². The molecule has 112 valence electrons. The van der Waals surface area contributed by atoms with Gasteiger partial charge in [-0.05, 0) is 44.5 Å². The number of benzene rings is 1. The van der Waals surface area contributed by atoms with Crippen LogP contribution >= 0.6 is 0 Å². The normalized spacial score (nSPS) is 18.0. The van der Waals surface area contributed by atoms with Crippen LogP contribution in [0.25, 0.3) is 0 Å². The highest BCUT2D eigenvalue weighted by Crippen LogP contribution is 2.21. The number of carbonyl (C=O) groups is 2. The Morgan fingerprint density at radius 1 is 1.29 bits per heavy atom. The van der Waals surface area contributed by atoms with Crippen molar-refractivity contribution in [2.45, 2.75) is 32.3 Å². The first-order chi connectivity index (χ1) is 9.83. The Balaban J connectivity index is 1.98. The van der Waals surface area contributed by atoms with Gasteiger partial charge in [-0.2, -0.15) is 0 Å². The summed E-state index contributed by atoms with van der Waals surface area (Å²) in [6, 6.07) is 7.51. The summed E-state index contributed by atoms with van der Waals surface area (Å²) in [6.07, 6.45) is 2.95. The summed E-state index contributed by atoms with van der Waals surface area (Å²) in [5.41, 5.74) is 1.24. The highest BCUT2D eigenvalue weighted by Gasteiger charge is 2.17. The van der Waals surface area contributed by atoms with Crippen LogP contribution in [-0.4, -0.2) is 24.1 Å². The Labute approximate surface area is 124 Å². The maximum atomic E-state index is 11.7. The summed E-state index contributed by atoms with van der Waals surface area (Å²) in [5, 5.41) is 5.47. The van der Waals surface area contributed by atoms with Crippen molar-refractivity contribution < 1.29 is 14.3 Å². The average molecular weight is 288 g/mol. The van der Waals surface area contributed by atoms with Gasteiger partial charge in [0.2, 0.25) is 5.91 Å². The zero-order valence-electron chi connectivity index (χ0n) is 12.5. The summed E-state index contributed by atoms with van der Waals surface area (Å²) >= 11 is 0. The Morgan fingerprint density at radius 2 is 1.95 bits per heavy atom. The lowest BCUT2D eigenvalue weighted by atomic mass is 9.96. The van der Waals surface area contributed by atoms with E-state index in [-0.39, 0.29) is 11.8 Å². The number of amides is 2. The predicted molar refractivity (Wildman–Crippen MR) is 81.2 cm³/mol. The number of carbonyl (C=O) groups excluding carboxylic acids is 2. The van der Waals surface area contributed by atoms with E-state index >= 15 is 0 Å². The molecule has 1 aromatic rings. The van der Waals surface area contributed by atoms with Gasteiger partial charge in [0.1, 0.15) is 5.60 Å². The van der Waals surface area contributed by atoms with Crippen molar-refractivity contribution in [1.82, 2.24) is 5.32 Å². The third-order valence-corrected chi connectivity index (χ3v) is 2.96. The van der Waals surface area contributed by atoms with E-state index in [2.05, 4.69) is 10.6 Å². The monoisotopic (exact) mass is 288 g/mol. The molecular weight excluding hydrogens is 268 g/mol. The zero-order valence-corrected chi connectivity index (χ0v) is 12.5. The molecule has 0 fully saturated rings. The number of ether oxygens (including phenoxy) is 1. The van der Waals surface area contributed by atoms with Crippen LogP contribution in [0.4, 0.5) is 10.5 Å². The summed E-state index contributed by atoms with van der Waals surface area (Å²) in [5.74, 6) is 0.104. The van der Waals surface area contributed by atoms with Crippen LogP contribution < -0.4 is 10.6 Å². The summed E-state index contributed by atoms with van der Waals surface area (Å²) in [4.78, 5) is 22.7. The Bertz CT molecular complexity index is 556. The second kappa shape index (κ2) is 5.99. The summed E-state index contributed by atoms with van der Waals surface area (Å²) in [7, 11) is 0. The van der Waals surface area contributed by atoms with Crippen LogP contribution in [-0.2, 0) is 9.53 Å². The van der Waals surface area contributed by atoms with Gasteiger partial charge in [0.05, 0.1) is 0 Å². The van der Waals surface area contributed by atoms with E-state index in [1.54, 1.807) is 6.08 Å². The molecule has 0 saturated heterocycles. The Morgan fingerprint density at radius 3 is 2.48 bits per heavy atom. The van der Waals surface area contributed by atoms with Crippen LogP contribution in [0.3, 0.4) is 0 Å². The van der Waals surface area contributed by atoms with Crippen molar-refractivity contribution in [2.24, 2.45) is 0 Å². The smallest absolute Gasteiger partial charge is 0.412 e. The maximum Gasteiger partial charge on any atom is 0.412 e. The molecule has 0 aromatic heterocycles. The predicted octanol–water partition coefficient (Wildman–Crippen LogP) is 2.80. The lowest BCUT2D eigenvalue weighted by molar-refractivity contribution is -0.116. The first-order valence-electron chi connectivity index (χ1n) is 6.89. The van der Waals surface area contributed by atoms with Crippen LogP contribution in [0.1, 0.15) is 32.3 Å². The fourth-order valence-corrected chi connectivity index (χ4v) is 2.01. The molecule has 0 radical (unpaired) electrons. The van der Waals surface area contributed by atoms with Gasteiger partial charge in [-0.1, -0.05) is 18.2 Å². The first kappa shape index (κ1) is 15.1. The highest BCUT2D eigenvalue weighted by molar-refractivity contribution is 5.88. The van der Waals surface area contributed by atoms with Crippen molar-refractivity contribution in [3.63, 3.8) is 0 Å². The van der Waals surface area contributed by atoms with Crippen molar-refractivity contribution in [3.05, 3.63) is 42.0 Å². The minimum atomic E-state index is -0.519. The van der Waals surface area contributed by atoms with Gasteiger partial charge in [0.15, 0.2) is 0 Å². The molecule has 2 N–H and O–H groups in total. The molecule has 0 saturated carbocycles. The third kappa shape index (κ3) is 4.63. The van der Waals surface area contributed by atoms with E-state index in [0.29, 0.717) is 12.2 Å². The van der Waals surface area contributed by atoms with E-state index < -0.39 is 11.7 Å². The van der Waals surface area contributed by atoms with E-state index in [9.17, 15) is 9.59 Å². The Hall–Kier alpha value is -2.30. The molecule has 21 heavy (non-hydrogen) atoms. The molecule has 0 aliphatic carbocycles. The zero-order chi connectivity index (χ0) is 15.5. The minimum absolute atomic E-state index is 0.0607. The molecule has 1 aromatic carbocycles. The lowest BCUT2D eigenvalue weighted by Gasteiger charge is -2.20. The molecule has 0 unspecified atom stereocenters. The molecule has 1 aliphatic rings. The molecule has 5 nitrogen and oxygen atoms in total. The maximum absolute atomic E-state index is 11.7. The lowest BCUT2D eigenvalue weighted by Crippen LogP contribution is -2.29. The van der Waals surface area contributed by atoms with Crippen molar-refractivity contribution in [1.29, 1.82) is 0 Å². The van der Waals surface area contributed by atoms with Crippen LogP contribution in [0.15, 0.2) is 36.4 Å². The molecule has 5 heteroatoms. The highest BCUT2D eigenvalue weighted by atomic mass is 16.6. The van der Waals surface area contributed by atoms with Crippen LogP contribution in [0.5, 0.6) is 0 Å². The second-order valence-electron chi connectivity index (χ2n) is 5.96. The van der Waals surface area contributed by atoms with Gasteiger partial charge in [0.25, 0.3) is 0 Å². The van der Waals surface area contributed by atoms with Gasteiger partial charge in [-0.3, -0.25) is 10.1 Å². The number of rotatable bonds is 2. The molecule has 1 heterocycles. The third-order valence-electron chi connectivity index (χ3n) is 2.96. The number of hydrogen-bond donors (Lipinski definition) is 2. The molecular formula is C16H20N2O3. The van der Waals surface area contributed by atoms with Crippen LogP contribution in [0.2, 0.25) is 0 Å². The van der Waals surface area contributed by atoms with E-state index in [4.69, 9.17) is 4.74 Å². The largest absolute Gasteiger partial charge is 0.444 e. The van der Waals surface area contributed by atoms with Crippen molar-refractivity contribution in [2.75, 3.05) is 11.9 Å². The van der Waals surface area contributed by atoms with Gasteiger partial charge >= 0.3 is 6.09 Å².